The summed E-state index contributed by atoms with van der Waals surface area (Å²) >= 11 is 0. The van der Waals surface area contributed by atoms with E-state index in [9.17, 15) is 10.1 Å². The summed E-state index contributed by atoms with van der Waals surface area (Å²) in [6.07, 6.45) is 3.25. The lowest BCUT2D eigenvalue weighted by atomic mass is 9.77. The molecule has 0 saturated carbocycles. The third-order valence-corrected chi connectivity index (χ3v) is 5.05. The molecule has 0 spiro atoms. The van der Waals surface area contributed by atoms with E-state index in [1.807, 2.05) is 25.1 Å². The monoisotopic (exact) mass is 370 g/mol. The maximum absolute atomic E-state index is 12.8. The first-order valence-corrected chi connectivity index (χ1v) is 9.13. The number of carbonyl (C=O) groups excluding carboxylic acids is 1. The summed E-state index contributed by atoms with van der Waals surface area (Å²) in [5.74, 6) is 0.0960. The van der Waals surface area contributed by atoms with Gasteiger partial charge in [0, 0.05) is 23.3 Å². The summed E-state index contributed by atoms with van der Waals surface area (Å²) in [6.45, 7) is 10.3. The molecule has 1 aliphatic rings. The average molecular weight is 370 g/mol. The molecular weight excluding hydrogens is 340 g/mol. The van der Waals surface area contributed by atoms with E-state index in [2.05, 4.69) is 37.9 Å². The van der Waals surface area contributed by atoms with Crippen LogP contribution in [0.1, 0.15) is 46.1 Å². The number of nitrogens with one attached hydrogen (secondary N) is 1. The highest BCUT2D eigenvalue weighted by atomic mass is 16.5. The predicted octanol–water partition coefficient (Wildman–Crippen LogP) is 3.33. The van der Waals surface area contributed by atoms with Crippen molar-refractivity contribution in [3.8, 4) is 11.8 Å². The van der Waals surface area contributed by atoms with Crippen LogP contribution in [0.15, 0.2) is 30.0 Å². The van der Waals surface area contributed by atoms with Gasteiger partial charge in [-0.15, -0.1) is 0 Å². The number of amides is 1. The molecule has 3 N–H and O–H groups in total. The number of nitriles is 1. The Hall–Kier alpha value is -2.52. The van der Waals surface area contributed by atoms with Gasteiger partial charge in [0.2, 0.25) is 0 Å². The second kappa shape index (κ2) is 7.61. The molecule has 0 unspecified atom stereocenters. The van der Waals surface area contributed by atoms with Crippen molar-refractivity contribution in [1.29, 1.82) is 5.26 Å². The molecule has 1 aromatic rings. The number of aryl methyl sites for hydroxylation is 1. The summed E-state index contributed by atoms with van der Waals surface area (Å²) in [5.41, 5.74) is 7.28. The van der Waals surface area contributed by atoms with E-state index in [-0.39, 0.29) is 22.7 Å². The zero-order valence-electron chi connectivity index (χ0n) is 17.1. The minimum atomic E-state index is -0.456. The van der Waals surface area contributed by atoms with E-state index < -0.39 is 5.91 Å². The summed E-state index contributed by atoms with van der Waals surface area (Å²) < 4.78 is 5.30. The lowest BCUT2D eigenvalue weighted by Crippen LogP contribution is -2.61. The van der Waals surface area contributed by atoms with E-state index in [1.165, 1.54) is 0 Å². The summed E-state index contributed by atoms with van der Waals surface area (Å²) in [4.78, 5) is 14.9. The number of hydrogen-bond donors (Lipinski definition) is 2. The van der Waals surface area contributed by atoms with Crippen LogP contribution in [0, 0.1) is 18.3 Å². The van der Waals surface area contributed by atoms with Crippen LogP contribution in [0.5, 0.6) is 5.75 Å². The molecule has 0 aliphatic carbocycles. The molecule has 6 heteroatoms. The number of hydrogen-bond acceptors (Lipinski definition) is 5. The summed E-state index contributed by atoms with van der Waals surface area (Å²) in [5, 5.41) is 12.4. The number of likely N-dealkylation sites (tertiary alicyclic amines) is 1. The van der Waals surface area contributed by atoms with Gasteiger partial charge in [0.05, 0.1) is 12.8 Å². The number of ether oxygens (including phenoxy) is 1. The molecule has 1 aromatic carbocycles. The largest absolute Gasteiger partial charge is 0.495 e. The third kappa shape index (κ3) is 4.61. The van der Waals surface area contributed by atoms with Gasteiger partial charge in [-0.1, -0.05) is 6.07 Å². The second-order valence-corrected chi connectivity index (χ2v) is 8.48. The lowest BCUT2D eigenvalue weighted by molar-refractivity contribution is -0.112. The maximum atomic E-state index is 12.8. The van der Waals surface area contributed by atoms with Gasteiger partial charge >= 0.3 is 0 Å². The maximum Gasteiger partial charge on any atom is 0.267 e. The molecule has 0 atom stereocenters. The van der Waals surface area contributed by atoms with Gasteiger partial charge in [0.15, 0.2) is 0 Å². The van der Waals surface area contributed by atoms with Gasteiger partial charge in [-0.05, 0) is 65.2 Å². The Kier molecular flexibility index (Phi) is 5.86. The van der Waals surface area contributed by atoms with Crippen molar-refractivity contribution in [2.45, 2.75) is 64.6 Å². The van der Waals surface area contributed by atoms with E-state index in [0.29, 0.717) is 11.4 Å². The van der Waals surface area contributed by atoms with Crippen molar-refractivity contribution in [3.63, 3.8) is 0 Å². The number of methoxy groups -OCH3 is 1. The Balaban J connectivity index is 2.34. The van der Waals surface area contributed by atoms with Crippen LogP contribution in [0.2, 0.25) is 0 Å². The molecule has 1 heterocycles. The van der Waals surface area contributed by atoms with Gasteiger partial charge < -0.3 is 20.7 Å². The SMILES string of the molecule is COc1ccc(C)cc1NC(=O)/C(C#N)=C\N1C(C)(C)CC(N)CC1(C)C. The molecule has 2 rings (SSSR count). The number of piperidine rings is 1. The molecule has 0 aromatic heterocycles. The molecule has 0 bridgehead atoms. The Morgan fingerprint density at radius 2 is 1.93 bits per heavy atom. The fraction of sp³-hybridized carbons (Fsp3) is 0.524. The molecule has 1 aliphatic heterocycles. The smallest absolute Gasteiger partial charge is 0.267 e. The van der Waals surface area contributed by atoms with E-state index >= 15 is 0 Å². The zero-order chi connectivity index (χ0) is 20.4. The van der Waals surface area contributed by atoms with Crippen LogP contribution in [0.25, 0.3) is 0 Å². The molecule has 27 heavy (non-hydrogen) atoms. The number of rotatable bonds is 4. The number of nitrogens with zero attached hydrogens (tertiary/aromatic N) is 2. The fourth-order valence-corrected chi connectivity index (χ4v) is 4.10. The first kappa shape index (κ1) is 20.8. The fourth-order valence-electron chi connectivity index (χ4n) is 4.10. The second-order valence-electron chi connectivity index (χ2n) is 8.48. The predicted molar refractivity (Wildman–Crippen MR) is 107 cm³/mol. The highest BCUT2D eigenvalue weighted by molar-refractivity contribution is 6.07. The number of nitrogens with two attached hydrogens (primary N) is 1. The normalized spacial score (nSPS) is 19.3. The Bertz CT molecular complexity index is 772. The van der Waals surface area contributed by atoms with Crippen molar-refractivity contribution in [2.24, 2.45) is 5.73 Å². The molecule has 1 fully saturated rings. The van der Waals surface area contributed by atoms with E-state index in [1.54, 1.807) is 19.4 Å². The van der Waals surface area contributed by atoms with Gasteiger partial charge in [-0.25, -0.2) is 0 Å². The average Bonchev–Trinajstić information content (AvgIpc) is 2.52. The number of anilines is 1. The van der Waals surface area contributed by atoms with Crippen LogP contribution >= 0.6 is 0 Å². The highest BCUT2D eigenvalue weighted by Crippen LogP contribution is 2.38. The van der Waals surface area contributed by atoms with Gasteiger partial charge in [0.1, 0.15) is 17.4 Å². The van der Waals surface area contributed by atoms with Crippen LogP contribution in [0.4, 0.5) is 5.69 Å². The van der Waals surface area contributed by atoms with Crippen molar-refractivity contribution >= 4 is 11.6 Å². The van der Waals surface area contributed by atoms with Crippen molar-refractivity contribution in [2.75, 3.05) is 12.4 Å². The van der Waals surface area contributed by atoms with Crippen LogP contribution in [-0.2, 0) is 4.79 Å². The van der Waals surface area contributed by atoms with E-state index in [4.69, 9.17) is 10.5 Å². The van der Waals surface area contributed by atoms with Gasteiger partial charge in [-0.3, -0.25) is 4.79 Å². The zero-order valence-corrected chi connectivity index (χ0v) is 17.1. The third-order valence-electron chi connectivity index (χ3n) is 5.05. The molecule has 146 valence electrons. The van der Waals surface area contributed by atoms with Crippen molar-refractivity contribution < 1.29 is 9.53 Å². The summed E-state index contributed by atoms with van der Waals surface area (Å²) in [7, 11) is 1.55. The first-order chi connectivity index (χ1) is 12.5. The molecule has 0 radical (unpaired) electrons. The minimum Gasteiger partial charge on any atom is -0.495 e. The standard InChI is InChI=1S/C21H30N4O2/c1-14-7-8-18(27-6)17(9-14)24-19(26)15(12-22)13-25-20(2,3)10-16(23)11-21(25,4)5/h7-9,13,16H,10-11,23H2,1-6H3,(H,24,26)/b15-13-. The minimum absolute atomic E-state index is 0.0511. The Morgan fingerprint density at radius 3 is 2.44 bits per heavy atom. The van der Waals surface area contributed by atoms with Crippen molar-refractivity contribution in [1.82, 2.24) is 4.90 Å². The van der Waals surface area contributed by atoms with Crippen LogP contribution in [0.3, 0.4) is 0 Å². The lowest BCUT2D eigenvalue weighted by Gasteiger charge is -2.54. The van der Waals surface area contributed by atoms with E-state index in [0.717, 1.165) is 18.4 Å². The molecule has 6 nitrogen and oxygen atoms in total. The molecular formula is C21H30N4O2. The van der Waals surface area contributed by atoms with Gasteiger partial charge in [0.25, 0.3) is 5.91 Å². The number of carbonyl (C=O) groups is 1. The Morgan fingerprint density at radius 1 is 1.33 bits per heavy atom. The topological polar surface area (TPSA) is 91.4 Å². The van der Waals surface area contributed by atoms with Crippen LogP contribution in [-0.4, -0.2) is 35.0 Å². The van der Waals surface area contributed by atoms with Gasteiger partial charge in [-0.2, -0.15) is 5.26 Å². The number of benzene rings is 1. The highest BCUT2D eigenvalue weighted by Gasteiger charge is 2.43. The Labute approximate surface area is 162 Å². The molecule has 1 amide bonds. The summed E-state index contributed by atoms with van der Waals surface area (Å²) in [6, 6.07) is 7.65. The molecule has 1 saturated heterocycles. The first-order valence-electron chi connectivity index (χ1n) is 9.13. The van der Waals surface area contributed by atoms with Crippen LogP contribution < -0.4 is 15.8 Å². The van der Waals surface area contributed by atoms with Crippen molar-refractivity contribution in [3.05, 3.63) is 35.5 Å². The quantitative estimate of drug-likeness (QED) is 0.626.